The largest absolute Gasteiger partial charge is 0.381 e. The summed E-state index contributed by atoms with van der Waals surface area (Å²) in [6.45, 7) is 4.11. The molecule has 0 saturated carbocycles. The van der Waals surface area contributed by atoms with E-state index in [4.69, 9.17) is 15.2 Å². The van der Waals surface area contributed by atoms with Gasteiger partial charge in [0, 0.05) is 50.4 Å². The van der Waals surface area contributed by atoms with E-state index in [1.54, 1.807) is 0 Å². The van der Waals surface area contributed by atoms with Crippen LogP contribution in [-0.2, 0) is 9.47 Å². The molecule has 0 radical (unpaired) electrons. The van der Waals surface area contributed by atoms with Crippen LogP contribution in [0.1, 0.15) is 31.4 Å². The summed E-state index contributed by atoms with van der Waals surface area (Å²) < 4.78 is 11.6. The lowest BCUT2D eigenvalue weighted by atomic mass is 9.81. The quantitative estimate of drug-likeness (QED) is 0.939. The maximum atomic E-state index is 6.66. The van der Waals surface area contributed by atoms with Gasteiger partial charge in [-0.15, -0.1) is 0 Å². The van der Waals surface area contributed by atoms with Crippen LogP contribution in [-0.4, -0.2) is 30.4 Å². The highest BCUT2D eigenvalue weighted by Crippen LogP contribution is 2.38. The highest BCUT2D eigenvalue weighted by atomic mass is 16.5. The van der Waals surface area contributed by atoms with Crippen LogP contribution in [0.3, 0.4) is 0 Å². The summed E-state index contributed by atoms with van der Waals surface area (Å²) in [6.07, 6.45) is 5.37. The van der Waals surface area contributed by atoms with Gasteiger partial charge in [0.15, 0.2) is 0 Å². The SMILES string of the molecule is CCOC1(C(N)c2cccc3cnccc23)CCOCC1. The van der Waals surface area contributed by atoms with Crippen molar-refractivity contribution >= 4 is 10.8 Å². The van der Waals surface area contributed by atoms with E-state index in [0.29, 0.717) is 19.8 Å². The maximum absolute atomic E-state index is 6.66. The normalized spacial score (nSPS) is 19.5. The molecule has 0 bridgehead atoms. The van der Waals surface area contributed by atoms with Crippen LogP contribution < -0.4 is 5.73 Å². The molecule has 1 aromatic heterocycles. The van der Waals surface area contributed by atoms with E-state index in [1.807, 2.05) is 31.5 Å². The second-order valence-electron chi connectivity index (χ2n) is 5.53. The van der Waals surface area contributed by atoms with Crippen molar-refractivity contribution < 1.29 is 9.47 Å². The van der Waals surface area contributed by atoms with E-state index in [2.05, 4.69) is 17.1 Å². The van der Waals surface area contributed by atoms with E-state index >= 15 is 0 Å². The summed E-state index contributed by atoms with van der Waals surface area (Å²) in [5, 5.41) is 2.27. The third-order valence-electron chi connectivity index (χ3n) is 4.39. The molecule has 0 aliphatic carbocycles. The van der Waals surface area contributed by atoms with Gasteiger partial charge in [0.25, 0.3) is 0 Å². The Hall–Kier alpha value is -1.49. The van der Waals surface area contributed by atoms with Crippen LogP contribution in [0.5, 0.6) is 0 Å². The number of hydrogen-bond acceptors (Lipinski definition) is 4. The lowest BCUT2D eigenvalue weighted by Crippen LogP contribution is -2.48. The van der Waals surface area contributed by atoms with Gasteiger partial charge in [0.1, 0.15) is 0 Å². The average Bonchev–Trinajstić information content (AvgIpc) is 2.55. The van der Waals surface area contributed by atoms with Gasteiger partial charge in [-0.3, -0.25) is 4.98 Å². The molecule has 3 rings (SSSR count). The van der Waals surface area contributed by atoms with Crippen molar-refractivity contribution in [3.8, 4) is 0 Å². The van der Waals surface area contributed by atoms with Crippen molar-refractivity contribution in [2.75, 3.05) is 19.8 Å². The molecule has 2 aromatic rings. The molecule has 2 heterocycles. The van der Waals surface area contributed by atoms with Gasteiger partial charge in [-0.1, -0.05) is 18.2 Å². The van der Waals surface area contributed by atoms with Crippen molar-refractivity contribution in [1.82, 2.24) is 4.98 Å². The van der Waals surface area contributed by atoms with Crippen molar-refractivity contribution in [2.45, 2.75) is 31.4 Å². The summed E-state index contributed by atoms with van der Waals surface area (Å²) >= 11 is 0. The number of fused-ring (bicyclic) bond motifs is 1. The summed E-state index contributed by atoms with van der Waals surface area (Å²) in [4.78, 5) is 4.19. The minimum absolute atomic E-state index is 0.160. The number of aromatic nitrogens is 1. The van der Waals surface area contributed by atoms with E-state index in [1.165, 1.54) is 0 Å². The van der Waals surface area contributed by atoms with Crippen LogP contribution in [0.2, 0.25) is 0 Å². The first-order valence-corrected chi connectivity index (χ1v) is 7.57. The van der Waals surface area contributed by atoms with Crippen molar-refractivity contribution in [2.24, 2.45) is 5.73 Å². The average molecular weight is 286 g/mol. The molecule has 1 aliphatic heterocycles. The number of nitrogens with zero attached hydrogens (tertiary/aromatic N) is 1. The monoisotopic (exact) mass is 286 g/mol. The first kappa shape index (κ1) is 14.4. The van der Waals surface area contributed by atoms with Gasteiger partial charge in [-0.25, -0.2) is 0 Å². The van der Waals surface area contributed by atoms with Gasteiger partial charge in [0.05, 0.1) is 11.6 Å². The standard InChI is InChI=1S/C17H22N2O2/c1-2-21-17(7-10-20-11-8-17)16(18)15-5-3-4-13-12-19-9-6-14(13)15/h3-6,9,12,16H,2,7-8,10-11,18H2,1H3. The molecule has 0 amide bonds. The van der Waals surface area contributed by atoms with E-state index in [-0.39, 0.29) is 11.6 Å². The van der Waals surface area contributed by atoms with Gasteiger partial charge >= 0.3 is 0 Å². The zero-order chi connectivity index (χ0) is 14.7. The summed E-state index contributed by atoms with van der Waals surface area (Å²) in [5.41, 5.74) is 7.46. The fourth-order valence-corrected chi connectivity index (χ4v) is 3.25. The number of hydrogen-bond donors (Lipinski definition) is 1. The van der Waals surface area contributed by atoms with Crippen LogP contribution in [0.4, 0.5) is 0 Å². The zero-order valence-electron chi connectivity index (χ0n) is 12.4. The highest BCUT2D eigenvalue weighted by Gasteiger charge is 2.40. The maximum Gasteiger partial charge on any atom is 0.0917 e. The predicted octanol–water partition coefficient (Wildman–Crippen LogP) is 2.82. The Kier molecular flexibility index (Phi) is 4.19. The Morgan fingerprint density at radius 2 is 2.14 bits per heavy atom. The van der Waals surface area contributed by atoms with Gasteiger partial charge in [-0.05, 0) is 23.9 Å². The van der Waals surface area contributed by atoms with Crippen LogP contribution in [0, 0.1) is 0 Å². The summed E-state index contributed by atoms with van der Waals surface area (Å²) in [7, 11) is 0. The number of pyridine rings is 1. The molecule has 112 valence electrons. The molecule has 1 aromatic carbocycles. The topological polar surface area (TPSA) is 57.4 Å². The lowest BCUT2D eigenvalue weighted by Gasteiger charge is -2.41. The van der Waals surface area contributed by atoms with Gasteiger partial charge in [-0.2, -0.15) is 0 Å². The first-order chi connectivity index (χ1) is 10.3. The summed E-state index contributed by atoms with van der Waals surface area (Å²) in [6, 6.07) is 8.08. The van der Waals surface area contributed by atoms with Crippen LogP contribution >= 0.6 is 0 Å². The van der Waals surface area contributed by atoms with E-state index < -0.39 is 0 Å². The van der Waals surface area contributed by atoms with E-state index in [0.717, 1.165) is 29.2 Å². The lowest BCUT2D eigenvalue weighted by molar-refractivity contribution is -0.121. The number of rotatable bonds is 4. The van der Waals surface area contributed by atoms with Gasteiger partial charge < -0.3 is 15.2 Å². The number of nitrogens with two attached hydrogens (primary N) is 1. The molecular formula is C17H22N2O2. The number of ether oxygens (including phenoxy) is 2. The first-order valence-electron chi connectivity index (χ1n) is 7.57. The Morgan fingerprint density at radius 1 is 1.33 bits per heavy atom. The molecule has 1 fully saturated rings. The summed E-state index contributed by atoms with van der Waals surface area (Å²) in [5.74, 6) is 0. The molecule has 1 aliphatic rings. The van der Waals surface area contributed by atoms with Crippen LogP contribution in [0.25, 0.3) is 10.8 Å². The van der Waals surface area contributed by atoms with E-state index in [9.17, 15) is 0 Å². The third kappa shape index (κ3) is 2.67. The van der Waals surface area contributed by atoms with Crippen molar-refractivity contribution in [3.05, 3.63) is 42.2 Å². The smallest absolute Gasteiger partial charge is 0.0917 e. The van der Waals surface area contributed by atoms with Crippen molar-refractivity contribution in [1.29, 1.82) is 0 Å². The number of benzene rings is 1. The van der Waals surface area contributed by atoms with Crippen LogP contribution in [0.15, 0.2) is 36.7 Å². The molecule has 4 nitrogen and oxygen atoms in total. The molecule has 4 heteroatoms. The molecular weight excluding hydrogens is 264 g/mol. The predicted molar refractivity (Wildman–Crippen MR) is 83.1 cm³/mol. The molecule has 1 atom stereocenters. The third-order valence-corrected chi connectivity index (χ3v) is 4.39. The second-order valence-corrected chi connectivity index (χ2v) is 5.53. The molecule has 2 N–H and O–H groups in total. The minimum Gasteiger partial charge on any atom is -0.381 e. The molecule has 0 spiro atoms. The fraction of sp³-hybridized carbons (Fsp3) is 0.471. The second kappa shape index (κ2) is 6.10. The molecule has 1 saturated heterocycles. The molecule has 21 heavy (non-hydrogen) atoms. The Bertz CT molecular complexity index is 598. The Morgan fingerprint density at radius 3 is 2.90 bits per heavy atom. The molecule has 1 unspecified atom stereocenters. The fourth-order valence-electron chi connectivity index (χ4n) is 3.25. The minimum atomic E-state index is -0.329. The zero-order valence-corrected chi connectivity index (χ0v) is 12.4. The highest BCUT2D eigenvalue weighted by molar-refractivity contribution is 5.85. The Labute approximate surface area is 125 Å². The Balaban J connectivity index is 2.03. The van der Waals surface area contributed by atoms with Crippen molar-refractivity contribution in [3.63, 3.8) is 0 Å². The van der Waals surface area contributed by atoms with Gasteiger partial charge in [0.2, 0.25) is 0 Å².